The van der Waals surface area contributed by atoms with Crippen LogP contribution < -0.4 is 4.74 Å². The van der Waals surface area contributed by atoms with Crippen LogP contribution in [0.4, 0.5) is 4.79 Å². The van der Waals surface area contributed by atoms with Gasteiger partial charge in [0.15, 0.2) is 0 Å². The summed E-state index contributed by atoms with van der Waals surface area (Å²) in [6.45, 7) is 7.67. The van der Waals surface area contributed by atoms with Crippen LogP contribution in [0.3, 0.4) is 0 Å². The SMILES string of the molecule is CC(C)(C)OC(=O)N1CCCC(COc2ccc(CO)cc2)C1. The maximum absolute atomic E-state index is 12.1. The summed E-state index contributed by atoms with van der Waals surface area (Å²) < 4.78 is 11.2. The Morgan fingerprint density at radius 1 is 1.30 bits per heavy atom. The van der Waals surface area contributed by atoms with Crippen molar-refractivity contribution in [1.82, 2.24) is 4.90 Å². The minimum atomic E-state index is -0.463. The number of piperidine rings is 1. The third kappa shape index (κ3) is 5.75. The average Bonchev–Trinajstić information content (AvgIpc) is 2.52. The van der Waals surface area contributed by atoms with E-state index < -0.39 is 5.60 Å². The molecule has 0 aliphatic carbocycles. The predicted molar refractivity (Wildman–Crippen MR) is 88.4 cm³/mol. The molecule has 1 aromatic carbocycles. The molecule has 0 saturated carbocycles. The van der Waals surface area contributed by atoms with Gasteiger partial charge in [0.2, 0.25) is 0 Å². The number of nitrogens with zero attached hydrogens (tertiary/aromatic N) is 1. The second-order valence-corrected chi connectivity index (χ2v) is 7.05. The number of carbonyl (C=O) groups excluding carboxylic acids is 1. The van der Waals surface area contributed by atoms with E-state index in [0.717, 1.165) is 30.7 Å². The Bertz CT molecular complexity index is 507. The highest BCUT2D eigenvalue weighted by Gasteiger charge is 2.27. The van der Waals surface area contributed by atoms with Crippen molar-refractivity contribution in [1.29, 1.82) is 0 Å². The minimum absolute atomic E-state index is 0.0355. The molecule has 1 atom stereocenters. The highest BCUT2D eigenvalue weighted by atomic mass is 16.6. The summed E-state index contributed by atoms with van der Waals surface area (Å²) in [5, 5.41) is 9.03. The normalized spacial score (nSPS) is 18.6. The molecule has 1 unspecified atom stereocenters. The lowest BCUT2D eigenvalue weighted by Crippen LogP contribution is -2.44. The van der Waals surface area contributed by atoms with E-state index in [1.165, 1.54) is 0 Å². The molecule has 1 aromatic rings. The van der Waals surface area contributed by atoms with Crippen molar-refractivity contribution in [2.45, 2.75) is 45.8 Å². The fourth-order valence-corrected chi connectivity index (χ4v) is 2.60. The quantitative estimate of drug-likeness (QED) is 0.925. The van der Waals surface area contributed by atoms with E-state index >= 15 is 0 Å². The number of aliphatic hydroxyl groups excluding tert-OH is 1. The van der Waals surface area contributed by atoms with Crippen molar-refractivity contribution in [3.8, 4) is 5.75 Å². The first-order chi connectivity index (χ1) is 10.9. The number of carbonyl (C=O) groups is 1. The summed E-state index contributed by atoms with van der Waals surface area (Å²) in [4.78, 5) is 13.9. The first-order valence-corrected chi connectivity index (χ1v) is 8.18. The van der Waals surface area contributed by atoms with E-state index in [4.69, 9.17) is 14.6 Å². The third-order valence-electron chi connectivity index (χ3n) is 3.76. The van der Waals surface area contributed by atoms with E-state index in [0.29, 0.717) is 19.1 Å². The molecule has 5 heteroatoms. The third-order valence-corrected chi connectivity index (χ3v) is 3.76. The van der Waals surface area contributed by atoms with E-state index in [2.05, 4.69) is 0 Å². The minimum Gasteiger partial charge on any atom is -0.493 e. The van der Waals surface area contributed by atoms with E-state index in [-0.39, 0.29) is 12.7 Å². The van der Waals surface area contributed by atoms with Crippen LogP contribution in [0.2, 0.25) is 0 Å². The molecule has 1 aliphatic heterocycles. The van der Waals surface area contributed by atoms with Crippen molar-refractivity contribution >= 4 is 6.09 Å². The van der Waals surface area contributed by atoms with Crippen LogP contribution in [-0.4, -0.2) is 41.4 Å². The monoisotopic (exact) mass is 321 g/mol. The molecular weight excluding hydrogens is 294 g/mol. The standard InChI is InChI=1S/C18H27NO4/c1-18(2,3)23-17(21)19-10-4-5-15(11-19)13-22-16-8-6-14(12-20)7-9-16/h6-9,15,20H,4-5,10-13H2,1-3H3. The van der Waals surface area contributed by atoms with E-state index in [9.17, 15) is 4.79 Å². The van der Waals surface area contributed by atoms with Gasteiger partial charge in [0.1, 0.15) is 11.4 Å². The molecule has 1 heterocycles. The number of hydrogen-bond acceptors (Lipinski definition) is 4. The Labute approximate surface area is 138 Å². The number of ether oxygens (including phenoxy) is 2. The number of amides is 1. The molecule has 1 fully saturated rings. The second kappa shape index (κ2) is 7.68. The Morgan fingerprint density at radius 2 is 2.00 bits per heavy atom. The summed E-state index contributed by atoms with van der Waals surface area (Å²) >= 11 is 0. The maximum atomic E-state index is 12.1. The highest BCUT2D eigenvalue weighted by molar-refractivity contribution is 5.68. The lowest BCUT2D eigenvalue weighted by molar-refractivity contribution is 0.0139. The number of benzene rings is 1. The maximum Gasteiger partial charge on any atom is 0.410 e. The van der Waals surface area contributed by atoms with Crippen LogP contribution >= 0.6 is 0 Å². The van der Waals surface area contributed by atoms with Crippen LogP contribution in [0, 0.1) is 5.92 Å². The molecule has 1 N–H and O–H groups in total. The number of rotatable bonds is 4. The Morgan fingerprint density at radius 3 is 2.61 bits per heavy atom. The Kier molecular flexibility index (Phi) is 5.88. The molecule has 128 valence electrons. The topological polar surface area (TPSA) is 59.0 Å². The first-order valence-electron chi connectivity index (χ1n) is 8.18. The zero-order valence-electron chi connectivity index (χ0n) is 14.2. The van der Waals surface area contributed by atoms with Gasteiger partial charge in [-0.2, -0.15) is 0 Å². The highest BCUT2D eigenvalue weighted by Crippen LogP contribution is 2.21. The Balaban J connectivity index is 1.82. The van der Waals surface area contributed by atoms with Crippen molar-refractivity contribution in [2.75, 3.05) is 19.7 Å². The lowest BCUT2D eigenvalue weighted by atomic mass is 9.99. The van der Waals surface area contributed by atoms with Gasteiger partial charge in [-0.1, -0.05) is 12.1 Å². The summed E-state index contributed by atoms with van der Waals surface area (Å²) in [6.07, 6.45) is 1.78. The molecule has 1 amide bonds. The number of hydrogen-bond donors (Lipinski definition) is 1. The smallest absolute Gasteiger partial charge is 0.410 e. The molecule has 1 aliphatic rings. The number of aliphatic hydroxyl groups is 1. The van der Waals surface area contributed by atoms with Crippen LogP contribution in [0.1, 0.15) is 39.2 Å². The molecular formula is C18H27NO4. The average molecular weight is 321 g/mol. The molecule has 1 saturated heterocycles. The summed E-state index contributed by atoms with van der Waals surface area (Å²) in [7, 11) is 0. The summed E-state index contributed by atoms with van der Waals surface area (Å²) in [5.74, 6) is 1.10. The summed E-state index contributed by atoms with van der Waals surface area (Å²) in [6, 6.07) is 7.42. The van der Waals surface area contributed by atoms with Gasteiger partial charge < -0.3 is 19.5 Å². The summed E-state index contributed by atoms with van der Waals surface area (Å²) in [5.41, 5.74) is 0.403. The number of likely N-dealkylation sites (tertiary alicyclic amines) is 1. The largest absolute Gasteiger partial charge is 0.493 e. The van der Waals surface area contributed by atoms with Crippen LogP contribution in [0.25, 0.3) is 0 Å². The van der Waals surface area contributed by atoms with Crippen molar-refractivity contribution < 1.29 is 19.4 Å². The molecule has 2 rings (SSSR count). The second-order valence-electron chi connectivity index (χ2n) is 7.05. The van der Waals surface area contributed by atoms with Gasteiger partial charge in [-0.25, -0.2) is 4.79 Å². The van der Waals surface area contributed by atoms with Crippen molar-refractivity contribution in [2.24, 2.45) is 5.92 Å². The van der Waals surface area contributed by atoms with Crippen molar-refractivity contribution in [3.63, 3.8) is 0 Å². The van der Waals surface area contributed by atoms with Gasteiger partial charge >= 0.3 is 6.09 Å². The first kappa shape index (κ1) is 17.6. The van der Waals surface area contributed by atoms with Crippen molar-refractivity contribution in [3.05, 3.63) is 29.8 Å². The van der Waals surface area contributed by atoms with Gasteiger partial charge in [-0.15, -0.1) is 0 Å². The molecule has 23 heavy (non-hydrogen) atoms. The lowest BCUT2D eigenvalue weighted by Gasteiger charge is -2.34. The van der Waals surface area contributed by atoms with Crippen LogP contribution in [-0.2, 0) is 11.3 Å². The van der Waals surface area contributed by atoms with Crippen LogP contribution in [0.5, 0.6) is 5.75 Å². The fraction of sp³-hybridized carbons (Fsp3) is 0.611. The van der Waals surface area contributed by atoms with Crippen LogP contribution in [0.15, 0.2) is 24.3 Å². The predicted octanol–water partition coefficient (Wildman–Crippen LogP) is 3.20. The van der Waals surface area contributed by atoms with Gasteiger partial charge in [0.25, 0.3) is 0 Å². The molecule has 0 spiro atoms. The van der Waals surface area contributed by atoms with Gasteiger partial charge in [-0.3, -0.25) is 0 Å². The van der Waals surface area contributed by atoms with Gasteiger partial charge in [0, 0.05) is 19.0 Å². The van der Waals surface area contributed by atoms with E-state index in [1.807, 2.05) is 45.0 Å². The molecule has 5 nitrogen and oxygen atoms in total. The zero-order valence-corrected chi connectivity index (χ0v) is 14.2. The Hall–Kier alpha value is -1.75. The molecule has 0 radical (unpaired) electrons. The molecule has 0 bridgehead atoms. The van der Waals surface area contributed by atoms with Gasteiger partial charge in [-0.05, 0) is 51.3 Å². The fourth-order valence-electron chi connectivity index (χ4n) is 2.60. The molecule has 0 aromatic heterocycles. The zero-order chi connectivity index (χ0) is 16.9. The van der Waals surface area contributed by atoms with Gasteiger partial charge in [0.05, 0.1) is 13.2 Å². The van der Waals surface area contributed by atoms with E-state index in [1.54, 1.807) is 4.90 Å².